The number of esters is 1. The molecule has 0 aromatic rings. The standard InChI is InChI=1S/C40H73N2O2.HI/c1-10-31(29(5)6)15-14-30(7)35-18-19-36-34-17-16-32-28-33(20-23-39(32,8)37(34)21-24-40(35,36)9)44-38(43)22-25-41-26-27-42(11-2,12-3)13-4;/h16,29-31,33-37,41H,10-15,17-28H2,1-9H3;1H/q+1;/p-1/t30-,31-,33+,34+,35?,36+,37+,39+,40-;/m1./s1. The maximum absolute atomic E-state index is 12.8. The molecule has 4 aliphatic carbocycles. The van der Waals surface area contributed by atoms with Crippen LogP contribution in [0.15, 0.2) is 11.6 Å². The van der Waals surface area contributed by atoms with Crippen molar-refractivity contribution in [2.45, 2.75) is 145 Å². The van der Waals surface area contributed by atoms with Crippen molar-refractivity contribution in [1.29, 1.82) is 0 Å². The summed E-state index contributed by atoms with van der Waals surface area (Å²) in [4.78, 5) is 12.8. The van der Waals surface area contributed by atoms with E-state index in [1.807, 2.05) is 0 Å². The molecule has 4 rings (SSSR count). The van der Waals surface area contributed by atoms with Gasteiger partial charge in [0.05, 0.1) is 32.6 Å². The predicted molar refractivity (Wildman–Crippen MR) is 186 cm³/mol. The van der Waals surface area contributed by atoms with Gasteiger partial charge in [-0.3, -0.25) is 4.79 Å². The molecule has 9 atom stereocenters. The normalized spacial score (nSPS) is 34.2. The minimum atomic E-state index is -0.0131. The Balaban J connectivity index is 0.00000552. The number of ether oxygens (including phenoxy) is 1. The number of rotatable bonds is 16. The van der Waals surface area contributed by atoms with Gasteiger partial charge in [-0.1, -0.05) is 66.0 Å². The van der Waals surface area contributed by atoms with Crippen molar-refractivity contribution < 1.29 is 38.0 Å². The van der Waals surface area contributed by atoms with Crippen LogP contribution in [0.2, 0.25) is 0 Å². The lowest BCUT2D eigenvalue weighted by atomic mass is 9.47. The molecule has 0 amide bonds. The summed E-state index contributed by atoms with van der Waals surface area (Å²) in [5, 5.41) is 3.52. The van der Waals surface area contributed by atoms with Gasteiger partial charge in [0.15, 0.2) is 0 Å². The van der Waals surface area contributed by atoms with E-state index in [9.17, 15) is 4.79 Å². The molecule has 0 radical (unpaired) electrons. The first-order valence-corrected chi connectivity index (χ1v) is 19.4. The first-order chi connectivity index (χ1) is 21.0. The molecule has 1 unspecified atom stereocenters. The third kappa shape index (κ3) is 8.54. The van der Waals surface area contributed by atoms with Crippen LogP contribution in [0, 0.1) is 52.3 Å². The van der Waals surface area contributed by atoms with Crippen LogP contribution in [-0.2, 0) is 9.53 Å². The average Bonchev–Trinajstić information content (AvgIpc) is 3.37. The second-order valence-electron chi connectivity index (χ2n) is 16.8. The molecule has 0 saturated heterocycles. The van der Waals surface area contributed by atoms with Crippen molar-refractivity contribution >= 4 is 5.97 Å². The van der Waals surface area contributed by atoms with Crippen LogP contribution in [0.1, 0.15) is 139 Å². The van der Waals surface area contributed by atoms with Gasteiger partial charge < -0.3 is 38.5 Å². The monoisotopic (exact) mass is 740 g/mol. The summed E-state index contributed by atoms with van der Waals surface area (Å²) in [6, 6.07) is 0. The van der Waals surface area contributed by atoms with Crippen molar-refractivity contribution in [2.24, 2.45) is 52.3 Å². The van der Waals surface area contributed by atoms with Crippen LogP contribution >= 0.6 is 0 Å². The van der Waals surface area contributed by atoms with E-state index < -0.39 is 0 Å². The quantitative estimate of drug-likeness (QED) is 0.0652. The Morgan fingerprint density at radius 1 is 0.956 bits per heavy atom. The number of carbonyl (C=O) groups excluding carboxylic acids is 1. The molecular formula is C40H73IN2O2. The number of nitrogens with zero attached hydrogens (tertiary/aromatic N) is 1. The van der Waals surface area contributed by atoms with Crippen LogP contribution in [0.25, 0.3) is 0 Å². The SMILES string of the molecule is CC[C@H](CC[C@@H](C)C1CC[C@H]2[C@@H]3CC=C4C[C@@H](OC(=O)CCNCC[N+](CC)(CC)CC)CC[C@]4(C)[C@H]3CC[C@]12C)C(C)C.[I-]. The summed E-state index contributed by atoms with van der Waals surface area (Å²) in [5.74, 6) is 6.04. The minimum Gasteiger partial charge on any atom is -1.00 e. The molecule has 262 valence electrons. The fourth-order valence-electron chi connectivity index (χ4n) is 11.4. The van der Waals surface area contributed by atoms with Gasteiger partial charge in [-0.15, -0.1) is 0 Å². The zero-order valence-electron chi connectivity index (χ0n) is 31.1. The number of allylic oxidation sites excluding steroid dienone is 1. The lowest BCUT2D eigenvalue weighted by Gasteiger charge is -2.58. The highest BCUT2D eigenvalue weighted by atomic mass is 127. The Labute approximate surface area is 296 Å². The number of likely N-dealkylation sites (N-methyl/N-ethyl adjacent to an activating group) is 1. The smallest absolute Gasteiger partial charge is 0.307 e. The largest absolute Gasteiger partial charge is 1.00 e. The average molecular weight is 741 g/mol. The Morgan fingerprint density at radius 2 is 1.67 bits per heavy atom. The zero-order chi connectivity index (χ0) is 32.1. The number of hydrogen-bond donors (Lipinski definition) is 1. The summed E-state index contributed by atoms with van der Waals surface area (Å²) >= 11 is 0. The van der Waals surface area contributed by atoms with Gasteiger partial charge in [0.25, 0.3) is 0 Å². The number of hydrogen-bond acceptors (Lipinski definition) is 3. The molecule has 4 aliphatic rings. The Morgan fingerprint density at radius 3 is 2.31 bits per heavy atom. The zero-order valence-corrected chi connectivity index (χ0v) is 33.2. The topological polar surface area (TPSA) is 38.3 Å². The van der Waals surface area contributed by atoms with Crippen molar-refractivity contribution in [1.82, 2.24) is 5.32 Å². The number of quaternary nitrogens is 1. The number of carbonyl (C=O) groups is 1. The highest BCUT2D eigenvalue weighted by Gasteiger charge is 2.59. The van der Waals surface area contributed by atoms with Gasteiger partial charge in [-0.25, -0.2) is 0 Å². The summed E-state index contributed by atoms with van der Waals surface area (Å²) < 4.78 is 7.24. The highest BCUT2D eigenvalue weighted by Crippen LogP contribution is 2.67. The molecule has 3 saturated carbocycles. The van der Waals surface area contributed by atoms with Gasteiger partial charge in [0, 0.05) is 19.5 Å². The number of halogens is 1. The van der Waals surface area contributed by atoms with E-state index in [1.54, 1.807) is 5.57 Å². The maximum Gasteiger partial charge on any atom is 0.307 e. The Hall–Kier alpha value is -0.140. The third-order valence-electron chi connectivity index (χ3n) is 14.9. The van der Waals surface area contributed by atoms with E-state index >= 15 is 0 Å². The maximum atomic E-state index is 12.8. The molecule has 0 spiro atoms. The van der Waals surface area contributed by atoms with Gasteiger partial charge in [-0.05, 0) is 124 Å². The molecule has 0 aromatic carbocycles. The van der Waals surface area contributed by atoms with E-state index in [0.717, 1.165) is 78.4 Å². The molecule has 5 heteroatoms. The molecule has 45 heavy (non-hydrogen) atoms. The third-order valence-corrected chi connectivity index (χ3v) is 14.9. The van der Waals surface area contributed by atoms with Gasteiger partial charge >= 0.3 is 5.97 Å². The van der Waals surface area contributed by atoms with E-state index in [1.165, 1.54) is 77.4 Å². The van der Waals surface area contributed by atoms with E-state index in [2.05, 4.69) is 73.7 Å². The summed E-state index contributed by atoms with van der Waals surface area (Å²) in [6.45, 7) is 28.3. The minimum absolute atomic E-state index is 0. The molecule has 0 aliphatic heterocycles. The van der Waals surface area contributed by atoms with Gasteiger partial charge in [0.1, 0.15) is 6.10 Å². The van der Waals surface area contributed by atoms with Crippen LogP contribution in [0.5, 0.6) is 0 Å². The molecule has 0 bridgehead atoms. The molecule has 3 fully saturated rings. The van der Waals surface area contributed by atoms with Crippen LogP contribution < -0.4 is 29.3 Å². The summed E-state index contributed by atoms with van der Waals surface area (Å²) in [5.41, 5.74) is 2.47. The molecular weight excluding hydrogens is 667 g/mol. The molecule has 0 aromatic heterocycles. The second kappa shape index (κ2) is 17.0. The number of fused-ring (bicyclic) bond motifs is 5. The van der Waals surface area contributed by atoms with E-state index in [4.69, 9.17) is 4.74 Å². The van der Waals surface area contributed by atoms with Gasteiger partial charge in [0.2, 0.25) is 0 Å². The first-order valence-electron chi connectivity index (χ1n) is 19.4. The number of nitrogens with one attached hydrogen (secondary N) is 1. The van der Waals surface area contributed by atoms with Crippen molar-refractivity contribution in [3.8, 4) is 0 Å². The van der Waals surface area contributed by atoms with Crippen molar-refractivity contribution in [3.05, 3.63) is 11.6 Å². The molecule has 0 heterocycles. The molecule has 1 N–H and O–H groups in total. The predicted octanol–water partition coefficient (Wildman–Crippen LogP) is 6.44. The van der Waals surface area contributed by atoms with Crippen LogP contribution in [0.3, 0.4) is 0 Å². The summed E-state index contributed by atoms with van der Waals surface area (Å²) in [7, 11) is 0. The molecule has 4 nitrogen and oxygen atoms in total. The van der Waals surface area contributed by atoms with E-state index in [-0.39, 0.29) is 36.0 Å². The fraction of sp³-hybridized carbons (Fsp3) is 0.925. The first kappa shape index (κ1) is 39.3. The van der Waals surface area contributed by atoms with Crippen LogP contribution in [0.4, 0.5) is 0 Å². The van der Waals surface area contributed by atoms with Crippen LogP contribution in [-0.4, -0.2) is 55.8 Å². The fourth-order valence-corrected chi connectivity index (χ4v) is 11.4. The lowest BCUT2D eigenvalue weighted by molar-refractivity contribution is -0.922. The van der Waals surface area contributed by atoms with Crippen molar-refractivity contribution in [3.63, 3.8) is 0 Å². The Bertz CT molecular complexity index is 954. The van der Waals surface area contributed by atoms with Crippen molar-refractivity contribution in [2.75, 3.05) is 39.3 Å². The van der Waals surface area contributed by atoms with E-state index in [0.29, 0.717) is 17.3 Å². The lowest BCUT2D eigenvalue weighted by Crippen LogP contribution is -3.00. The second-order valence-corrected chi connectivity index (χ2v) is 16.8. The Kier molecular flexibility index (Phi) is 14.8. The highest BCUT2D eigenvalue weighted by molar-refractivity contribution is 5.69. The summed E-state index contributed by atoms with van der Waals surface area (Å²) in [6.07, 6.45) is 17.6. The van der Waals surface area contributed by atoms with Gasteiger partial charge in [-0.2, -0.15) is 0 Å².